The lowest BCUT2D eigenvalue weighted by atomic mass is 9.62. The SMILES string of the molecule is CCOC(C)(C)CNC(=O)C1(CN)CC(C)C1. The lowest BCUT2D eigenvalue weighted by Crippen LogP contribution is -2.55. The van der Waals surface area contributed by atoms with Crippen LogP contribution in [0.4, 0.5) is 0 Å². The van der Waals surface area contributed by atoms with Gasteiger partial charge in [0, 0.05) is 19.7 Å². The van der Waals surface area contributed by atoms with Gasteiger partial charge in [0.2, 0.25) is 5.91 Å². The van der Waals surface area contributed by atoms with Gasteiger partial charge in [0.05, 0.1) is 11.0 Å². The molecule has 1 aliphatic rings. The highest BCUT2D eigenvalue weighted by atomic mass is 16.5. The second-order valence-corrected chi connectivity index (χ2v) is 5.87. The van der Waals surface area contributed by atoms with Gasteiger partial charge < -0.3 is 15.8 Å². The summed E-state index contributed by atoms with van der Waals surface area (Å²) in [5, 5.41) is 2.98. The van der Waals surface area contributed by atoms with Gasteiger partial charge in [-0.05, 0) is 39.5 Å². The van der Waals surface area contributed by atoms with E-state index in [-0.39, 0.29) is 16.9 Å². The van der Waals surface area contributed by atoms with E-state index in [4.69, 9.17) is 10.5 Å². The van der Waals surface area contributed by atoms with Crippen molar-refractivity contribution >= 4 is 5.91 Å². The molecule has 0 atom stereocenters. The molecule has 0 radical (unpaired) electrons. The van der Waals surface area contributed by atoms with Gasteiger partial charge in [-0.25, -0.2) is 0 Å². The predicted molar refractivity (Wildman–Crippen MR) is 68.6 cm³/mol. The van der Waals surface area contributed by atoms with E-state index in [9.17, 15) is 4.79 Å². The van der Waals surface area contributed by atoms with E-state index in [1.807, 2.05) is 20.8 Å². The molecule has 0 saturated heterocycles. The first-order valence-corrected chi connectivity index (χ1v) is 6.47. The largest absolute Gasteiger partial charge is 0.374 e. The number of nitrogens with one attached hydrogen (secondary N) is 1. The Bertz CT molecular complexity index is 271. The number of carbonyl (C=O) groups is 1. The fraction of sp³-hybridized carbons (Fsp3) is 0.923. The number of nitrogens with two attached hydrogens (primary N) is 1. The maximum absolute atomic E-state index is 12.1. The highest BCUT2D eigenvalue weighted by molar-refractivity contribution is 5.84. The highest BCUT2D eigenvalue weighted by Gasteiger charge is 2.47. The molecular weight excluding hydrogens is 216 g/mol. The summed E-state index contributed by atoms with van der Waals surface area (Å²) >= 11 is 0. The normalized spacial score (nSPS) is 28.6. The van der Waals surface area contributed by atoms with E-state index in [2.05, 4.69) is 12.2 Å². The molecule has 17 heavy (non-hydrogen) atoms. The van der Waals surface area contributed by atoms with E-state index in [1.54, 1.807) is 0 Å². The molecule has 3 N–H and O–H groups in total. The third kappa shape index (κ3) is 3.42. The Morgan fingerprint density at radius 2 is 2.12 bits per heavy atom. The fourth-order valence-electron chi connectivity index (χ4n) is 2.64. The summed E-state index contributed by atoms with van der Waals surface area (Å²) in [6.07, 6.45) is 1.81. The van der Waals surface area contributed by atoms with Crippen molar-refractivity contribution in [3.05, 3.63) is 0 Å². The molecule has 1 aliphatic carbocycles. The van der Waals surface area contributed by atoms with Gasteiger partial charge in [-0.1, -0.05) is 6.92 Å². The number of amides is 1. The van der Waals surface area contributed by atoms with Gasteiger partial charge >= 0.3 is 0 Å². The highest BCUT2D eigenvalue weighted by Crippen LogP contribution is 2.44. The molecule has 1 amide bonds. The molecule has 0 aromatic carbocycles. The van der Waals surface area contributed by atoms with Gasteiger partial charge in [-0.2, -0.15) is 0 Å². The summed E-state index contributed by atoms with van der Waals surface area (Å²) < 4.78 is 5.55. The number of hydrogen-bond donors (Lipinski definition) is 2. The molecule has 0 aromatic heterocycles. The Hall–Kier alpha value is -0.610. The summed E-state index contributed by atoms with van der Waals surface area (Å²) in [6, 6.07) is 0. The number of ether oxygens (including phenoxy) is 1. The zero-order valence-electron chi connectivity index (χ0n) is 11.5. The lowest BCUT2D eigenvalue weighted by Gasteiger charge is -2.44. The van der Waals surface area contributed by atoms with Crippen molar-refractivity contribution in [1.82, 2.24) is 5.32 Å². The van der Waals surface area contributed by atoms with E-state index in [0.717, 1.165) is 12.8 Å². The average molecular weight is 242 g/mol. The molecule has 0 spiro atoms. The maximum atomic E-state index is 12.1. The van der Waals surface area contributed by atoms with Crippen molar-refractivity contribution in [2.75, 3.05) is 19.7 Å². The molecule has 0 heterocycles. The maximum Gasteiger partial charge on any atom is 0.227 e. The number of carbonyl (C=O) groups excluding carboxylic acids is 1. The molecule has 1 saturated carbocycles. The van der Waals surface area contributed by atoms with Crippen molar-refractivity contribution in [3.63, 3.8) is 0 Å². The Morgan fingerprint density at radius 1 is 1.53 bits per heavy atom. The van der Waals surface area contributed by atoms with Gasteiger partial charge in [0.25, 0.3) is 0 Å². The van der Waals surface area contributed by atoms with Crippen molar-refractivity contribution in [1.29, 1.82) is 0 Å². The molecule has 0 aromatic rings. The van der Waals surface area contributed by atoms with Crippen LogP contribution < -0.4 is 11.1 Å². The summed E-state index contributed by atoms with van der Waals surface area (Å²) in [5.41, 5.74) is 5.11. The minimum absolute atomic E-state index is 0.0888. The Kier molecular flexibility index (Phi) is 4.55. The minimum atomic E-state index is -0.318. The lowest BCUT2D eigenvalue weighted by molar-refractivity contribution is -0.139. The van der Waals surface area contributed by atoms with Crippen LogP contribution in [0.5, 0.6) is 0 Å². The Balaban J connectivity index is 2.44. The molecule has 0 bridgehead atoms. The predicted octanol–water partition coefficient (Wildman–Crippen LogP) is 1.29. The first-order valence-electron chi connectivity index (χ1n) is 6.47. The van der Waals surface area contributed by atoms with E-state index in [0.29, 0.717) is 25.6 Å². The number of rotatable bonds is 6. The summed E-state index contributed by atoms with van der Waals surface area (Å²) in [6.45, 7) is 9.71. The van der Waals surface area contributed by atoms with Crippen LogP contribution in [0.1, 0.15) is 40.5 Å². The van der Waals surface area contributed by atoms with Crippen LogP contribution in [0.2, 0.25) is 0 Å². The van der Waals surface area contributed by atoms with Crippen molar-refractivity contribution in [2.24, 2.45) is 17.1 Å². The molecule has 100 valence electrons. The Labute approximate surface area is 104 Å². The van der Waals surface area contributed by atoms with Crippen LogP contribution >= 0.6 is 0 Å². The molecule has 4 heteroatoms. The number of hydrogen-bond acceptors (Lipinski definition) is 3. The summed E-state index contributed by atoms with van der Waals surface area (Å²) in [4.78, 5) is 12.1. The second kappa shape index (κ2) is 5.36. The fourth-order valence-corrected chi connectivity index (χ4v) is 2.64. The first kappa shape index (κ1) is 14.5. The topological polar surface area (TPSA) is 64.3 Å². The van der Waals surface area contributed by atoms with Crippen LogP contribution in [-0.4, -0.2) is 31.2 Å². The summed E-state index contributed by atoms with van der Waals surface area (Å²) in [5.74, 6) is 0.704. The average Bonchev–Trinajstić information content (AvgIpc) is 2.21. The molecule has 0 aliphatic heterocycles. The molecule has 0 unspecified atom stereocenters. The zero-order chi connectivity index (χ0) is 13.1. The minimum Gasteiger partial charge on any atom is -0.374 e. The van der Waals surface area contributed by atoms with E-state index in [1.165, 1.54) is 0 Å². The Morgan fingerprint density at radius 3 is 2.53 bits per heavy atom. The summed E-state index contributed by atoms with van der Waals surface area (Å²) in [7, 11) is 0. The molecular formula is C13H26N2O2. The van der Waals surface area contributed by atoms with Crippen molar-refractivity contribution < 1.29 is 9.53 Å². The van der Waals surface area contributed by atoms with Crippen LogP contribution in [-0.2, 0) is 9.53 Å². The third-order valence-corrected chi connectivity index (χ3v) is 3.56. The van der Waals surface area contributed by atoms with Crippen molar-refractivity contribution in [3.8, 4) is 0 Å². The van der Waals surface area contributed by atoms with Crippen LogP contribution in [0.15, 0.2) is 0 Å². The van der Waals surface area contributed by atoms with Gasteiger partial charge in [0.1, 0.15) is 0 Å². The van der Waals surface area contributed by atoms with Crippen LogP contribution in [0, 0.1) is 11.3 Å². The molecule has 1 fully saturated rings. The van der Waals surface area contributed by atoms with Crippen LogP contribution in [0.25, 0.3) is 0 Å². The smallest absolute Gasteiger partial charge is 0.227 e. The zero-order valence-corrected chi connectivity index (χ0v) is 11.5. The van der Waals surface area contributed by atoms with Gasteiger partial charge in [-0.3, -0.25) is 4.79 Å². The van der Waals surface area contributed by atoms with E-state index < -0.39 is 0 Å². The second-order valence-electron chi connectivity index (χ2n) is 5.87. The van der Waals surface area contributed by atoms with Gasteiger partial charge in [0.15, 0.2) is 0 Å². The van der Waals surface area contributed by atoms with Crippen LogP contribution in [0.3, 0.4) is 0 Å². The monoisotopic (exact) mass is 242 g/mol. The quantitative estimate of drug-likeness (QED) is 0.737. The van der Waals surface area contributed by atoms with Gasteiger partial charge in [-0.15, -0.1) is 0 Å². The van der Waals surface area contributed by atoms with Crippen molar-refractivity contribution in [2.45, 2.75) is 46.1 Å². The first-order chi connectivity index (χ1) is 7.85. The standard InChI is InChI=1S/C13H26N2O2/c1-5-17-12(3,4)9-15-11(16)13(8-14)6-10(2)7-13/h10H,5-9,14H2,1-4H3,(H,15,16). The molecule has 4 nitrogen and oxygen atoms in total. The van der Waals surface area contributed by atoms with E-state index >= 15 is 0 Å². The third-order valence-electron chi connectivity index (χ3n) is 3.56. The molecule has 1 rings (SSSR count).